The third kappa shape index (κ3) is 2.20. The molecule has 1 saturated carbocycles. The van der Waals surface area contributed by atoms with Crippen molar-refractivity contribution in [3.63, 3.8) is 0 Å². The molecular formula is C11H18F3NO. The average molecular weight is 237 g/mol. The van der Waals surface area contributed by atoms with Crippen LogP contribution < -0.4 is 5.32 Å². The van der Waals surface area contributed by atoms with Gasteiger partial charge in [-0.25, -0.2) is 0 Å². The topological polar surface area (TPSA) is 21.3 Å². The first-order chi connectivity index (χ1) is 7.44. The highest BCUT2D eigenvalue weighted by Crippen LogP contribution is 2.45. The number of morpholine rings is 1. The summed E-state index contributed by atoms with van der Waals surface area (Å²) in [5, 5.41) is 3.22. The van der Waals surface area contributed by atoms with E-state index in [1.165, 1.54) is 0 Å². The monoisotopic (exact) mass is 237 g/mol. The summed E-state index contributed by atoms with van der Waals surface area (Å²) in [6, 6.07) is 0.0198. The smallest absolute Gasteiger partial charge is 0.372 e. The van der Waals surface area contributed by atoms with Crippen molar-refractivity contribution in [2.75, 3.05) is 13.2 Å². The molecule has 1 aliphatic heterocycles. The zero-order valence-electron chi connectivity index (χ0n) is 9.44. The van der Waals surface area contributed by atoms with E-state index in [-0.39, 0.29) is 18.9 Å². The Morgan fingerprint density at radius 2 is 2.12 bits per heavy atom. The Bertz CT molecular complexity index is 252. The van der Waals surface area contributed by atoms with Crippen molar-refractivity contribution in [2.24, 2.45) is 5.92 Å². The fraction of sp³-hybridized carbons (Fsp3) is 1.00. The molecule has 0 aromatic carbocycles. The second kappa shape index (κ2) is 4.18. The minimum atomic E-state index is -4.08. The third-order valence-corrected chi connectivity index (χ3v) is 3.94. The van der Waals surface area contributed by atoms with Gasteiger partial charge in [-0.3, -0.25) is 0 Å². The molecule has 94 valence electrons. The molecule has 16 heavy (non-hydrogen) atoms. The Morgan fingerprint density at radius 1 is 1.38 bits per heavy atom. The summed E-state index contributed by atoms with van der Waals surface area (Å²) in [7, 11) is 0. The molecule has 1 heterocycles. The molecule has 2 fully saturated rings. The van der Waals surface area contributed by atoms with Crippen molar-refractivity contribution in [1.82, 2.24) is 5.32 Å². The van der Waals surface area contributed by atoms with Crippen molar-refractivity contribution in [3.8, 4) is 0 Å². The van der Waals surface area contributed by atoms with E-state index < -0.39 is 17.7 Å². The van der Waals surface area contributed by atoms with E-state index >= 15 is 0 Å². The lowest BCUT2D eigenvalue weighted by molar-refractivity contribution is -0.215. The van der Waals surface area contributed by atoms with Crippen molar-refractivity contribution < 1.29 is 17.9 Å². The molecule has 3 atom stereocenters. The lowest BCUT2D eigenvalue weighted by atomic mass is 9.73. The van der Waals surface area contributed by atoms with E-state index in [9.17, 15) is 13.2 Å². The zero-order valence-corrected chi connectivity index (χ0v) is 9.44. The Labute approximate surface area is 93.5 Å². The summed E-state index contributed by atoms with van der Waals surface area (Å²) >= 11 is 0. The van der Waals surface area contributed by atoms with E-state index in [1.54, 1.807) is 0 Å². The normalized spacial score (nSPS) is 41.2. The third-order valence-electron chi connectivity index (χ3n) is 3.94. The molecule has 2 aliphatic rings. The van der Waals surface area contributed by atoms with Crippen LogP contribution in [0.2, 0.25) is 0 Å². The lowest BCUT2D eigenvalue weighted by Crippen LogP contribution is -2.59. The first kappa shape index (κ1) is 12.2. The van der Waals surface area contributed by atoms with Crippen LogP contribution in [0.5, 0.6) is 0 Å². The summed E-state index contributed by atoms with van der Waals surface area (Å²) < 4.78 is 43.9. The molecule has 2 nitrogen and oxygen atoms in total. The Balaban J connectivity index is 2.10. The van der Waals surface area contributed by atoms with Gasteiger partial charge in [-0.05, 0) is 32.6 Å². The summed E-state index contributed by atoms with van der Waals surface area (Å²) in [6.07, 6.45) is -2.36. The molecule has 1 N–H and O–H groups in total. The maximum Gasteiger partial charge on any atom is 0.391 e. The number of nitrogens with one attached hydrogen (secondary N) is 1. The first-order valence-corrected chi connectivity index (χ1v) is 5.88. The van der Waals surface area contributed by atoms with Gasteiger partial charge in [-0.1, -0.05) is 0 Å². The van der Waals surface area contributed by atoms with E-state index in [4.69, 9.17) is 4.74 Å². The number of halogens is 3. The van der Waals surface area contributed by atoms with Crippen LogP contribution in [0.15, 0.2) is 0 Å². The van der Waals surface area contributed by atoms with Gasteiger partial charge in [0.1, 0.15) is 0 Å². The molecule has 0 bridgehead atoms. The number of ether oxygens (including phenoxy) is 1. The Hall–Kier alpha value is -0.290. The highest BCUT2D eigenvalue weighted by Gasteiger charge is 2.51. The fourth-order valence-electron chi connectivity index (χ4n) is 2.91. The molecule has 1 saturated heterocycles. The second-order valence-corrected chi connectivity index (χ2v) is 4.92. The number of alkyl halides is 3. The average Bonchev–Trinajstić information content (AvgIpc) is 2.22. The maximum absolute atomic E-state index is 12.7. The van der Waals surface area contributed by atoms with E-state index in [0.717, 1.165) is 13.0 Å². The van der Waals surface area contributed by atoms with Gasteiger partial charge in [0.2, 0.25) is 0 Å². The highest BCUT2D eigenvalue weighted by atomic mass is 19.4. The molecule has 0 amide bonds. The minimum absolute atomic E-state index is 0.0198. The first-order valence-electron chi connectivity index (χ1n) is 5.88. The second-order valence-electron chi connectivity index (χ2n) is 4.92. The van der Waals surface area contributed by atoms with Crippen molar-refractivity contribution in [1.29, 1.82) is 0 Å². The summed E-state index contributed by atoms with van der Waals surface area (Å²) in [5.74, 6) is -1.19. The van der Waals surface area contributed by atoms with Gasteiger partial charge in [-0.2, -0.15) is 13.2 Å². The molecule has 1 spiro atoms. The minimum Gasteiger partial charge on any atom is -0.372 e. The molecular weight excluding hydrogens is 219 g/mol. The van der Waals surface area contributed by atoms with Crippen LogP contribution in [-0.2, 0) is 4.74 Å². The van der Waals surface area contributed by atoms with Crippen molar-refractivity contribution in [3.05, 3.63) is 0 Å². The number of hydrogen-bond donors (Lipinski definition) is 1. The van der Waals surface area contributed by atoms with Crippen LogP contribution in [0.1, 0.15) is 32.6 Å². The molecule has 0 aromatic heterocycles. The quantitative estimate of drug-likeness (QED) is 0.699. The van der Waals surface area contributed by atoms with Crippen molar-refractivity contribution in [2.45, 2.75) is 50.4 Å². The van der Waals surface area contributed by atoms with Crippen LogP contribution in [0.25, 0.3) is 0 Å². The van der Waals surface area contributed by atoms with Crippen molar-refractivity contribution >= 4 is 0 Å². The van der Waals surface area contributed by atoms with Crippen LogP contribution in [0.4, 0.5) is 13.2 Å². The summed E-state index contributed by atoms with van der Waals surface area (Å²) in [5.41, 5.74) is -0.587. The van der Waals surface area contributed by atoms with Gasteiger partial charge in [0, 0.05) is 12.6 Å². The predicted octanol–water partition coefficient (Wildman–Crippen LogP) is 2.49. The highest BCUT2D eigenvalue weighted by molar-refractivity contribution is 4.98. The fourth-order valence-corrected chi connectivity index (χ4v) is 2.91. The van der Waals surface area contributed by atoms with E-state index in [0.29, 0.717) is 13.0 Å². The summed E-state index contributed by atoms with van der Waals surface area (Å²) in [6.45, 7) is 3.19. The molecule has 3 unspecified atom stereocenters. The number of hydrogen-bond acceptors (Lipinski definition) is 2. The van der Waals surface area contributed by atoms with Gasteiger partial charge in [0.25, 0.3) is 0 Å². The van der Waals surface area contributed by atoms with Gasteiger partial charge in [-0.15, -0.1) is 0 Å². The lowest BCUT2D eigenvalue weighted by Gasteiger charge is -2.48. The van der Waals surface area contributed by atoms with Crippen LogP contribution in [-0.4, -0.2) is 31.0 Å². The Morgan fingerprint density at radius 3 is 2.75 bits per heavy atom. The SMILES string of the molecule is CC1NCCOC12CCCC(C(F)(F)F)C2. The molecule has 0 aromatic rings. The predicted molar refractivity (Wildman–Crippen MR) is 54.2 cm³/mol. The van der Waals surface area contributed by atoms with Gasteiger partial charge in [0.05, 0.1) is 18.1 Å². The van der Waals surface area contributed by atoms with Crippen LogP contribution in [0.3, 0.4) is 0 Å². The van der Waals surface area contributed by atoms with Gasteiger partial charge >= 0.3 is 6.18 Å². The van der Waals surface area contributed by atoms with Gasteiger partial charge in [0.15, 0.2) is 0 Å². The van der Waals surface area contributed by atoms with Gasteiger partial charge < -0.3 is 10.1 Å². The van der Waals surface area contributed by atoms with Crippen LogP contribution >= 0.6 is 0 Å². The zero-order chi connectivity index (χ0) is 11.8. The molecule has 0 radical (unpaired) electrons. The molecule has 2 rings (SSSR count). The molecule has 5 heteroatoms. The standard InChI is InChI=1S/C11H18F3NO/c1-8-10(16-6-5-15-8)4-2-3-9(7-10)11(12,13)14/h8-9,15H,2-7H2,1H3. The van der Waals surface area contributed by atoms with E-state index in [2.05, 4.69) is 5.32 Å². The van der Waals surface area contributed by atoms with E-state index in [1.807, 2.05) is 6.92 Å². The largest absolute Gasteiger partial charge is 0.391 e. The Kier molecular flexibility index (Phi) is 3.18. The molecule has 1 aliphatic carbocycles. The maximum atomic E-state index is 12.7. The summed E-state index contributed by atoms with van der Waals surface area (Å²) in [4.78, 5) is 0. The number of rotatable bonds is 0. The van der Waals surface area contributed by atoms with Crippen LogP contribution in [0, 0.1) is 5.92 Å².